The molecule has 1 unspecified atom stereocenters. The maximum Gasteiger partial charge on any atom is 0.337 e. The van der Waals surface area contributed by atoms with Crippen LogP contribution in [0.1, 0.15) is 20.3 Å². The minimum Gasteiger partial charge on any atom is -0.481 e. The molecule has 0 rings (SSSR count). The summed E-state index contributed by atoms with van der Waals surface area (Å²) in [4.78, 5) is 22.2. The largest absolute Gasteiger partial charge is 0.481 e. The van der Waals surface area contributed by atoms with E-state index >= 15 is 0 Å². The van der Waals surface area contributed by atoms with Crippen molar-refractivity contribution in [3.8, 4) is 0 Å². The maximum absolute atomic E-state index is 11.1. The van der Waals surface area contributed by atoms with E-state index in [0.29, 0.717) is 0 Å². The van der Waals surface area contributed by atoms with Crippen molar-refractivity contribution >= 4 is 11.9 Å². The van der Waals surface area contributed by atoms with E-state index in [1.54, 1.807) is 0 Å². The van der Waals surface area contributed by atoms with Crippen molar-refractivity contribution in [2.24, 2.45) is 11.1 Å². The fraction of sp³-hybridized carbons (Fsp3) is 0.778. The van der Waals surface area contributed by atoms with Crippen LogP contribution in [0.25, 0.3) is 0 Å². The SMILES string of the molecule is COC(CCN)(C(=O)O)C(C)(C)C(=O)O. The van der Waals surface area contributed by atoms with Crippen LogP contribution in [0, 0.1) is 5.41 Å². The number of hydrogen-bond acceptors (Lipinski definition) is 4. The summed E-state index contributed by atoms with van der Waals surface area (Å²) in [7, 11) is 1.18. The van der Waals surface area contributed by atoms with Crippen molar-refractivity contribution in [2.45, 2.75) is 25.9 Å². The smallest absolute Gasteiger partial charge is 0.337 e. The first-order valence-electron chi connectivity index (χ1n) is 4.48. The molecule has 0 saturated carbocycles. The molecule has 6 heteroatoms. The quantitative estimate of drug-likeness (QED) is 0.576. The van der Waals surface area contributed by atoms with E-state index in [-0.39, 0.29) is 13.0 Å². The molecule has 0 aromatic carbocycles. The van der Waals surface area contributed by atoms with Gasteiger partial charge >= 0.3 is 11.9 Å². The highest BCUT2D eigenvalue weighted by molar-refractivity contribution is 5.88. The Labute approximate surface area is 88.0 Å². The van der Waals surface area contributed by atoms with Gasteiger partial charge in [-0.1, -0.05) is 0 Å². The molecule has 0 aliphatic carbocycles. The first kappa shape index (κ1) is 13.9. The van der Waals surface area contributed by atoms with Crippen LogP contribution in [-0.4, -0.2) is 41.4 Å². The van der Waals surface area contributed by atoms with Gasteiger partial charge in [-0.15, -0.1) is 0 Å². The summed E-state index contributed by atoms with van der Waals surface area (Å²) < 4.78 is 4.91. The third-order valence-electron chi connectivity index (χ3n) is 2.73. The van der Waals surface area contributed by atoms with E-state index in [1.807, 2.05) is 0 Å². The van der Waals surface area contributed by atoms with Gasteiger partial charge in [0.15, 0.2) is 5.60 Å². The molecular formula is C9H17NO5. The Morgan fingerprint density at radius 3 is 1.93 bits per heavy atom. The predicted octanol–water partition coefficient (Wildman–Crippen LogP) is -0.0842. The van der Waals surface area contributed by atoms with Gasteiger partial charge in [-0.05, 0) is 20.4 Å². The highest BCUT2D eigenvalue weighted by Crippen LogP contribution is 2.37. The molecule has 0 bridgehead atoms. The van der Waals surface area contributed by atoms with Crippen LogP contribution in [0.4, 0.5) is 0 Å². The van der Waals surface area contributed by atoms with E-state index in [1.165, 1.54) is 21.0 Å². The minimum atomic E-state index is -1.80. The van der Waals surface area contributed by atoms with Gasteiger partial charge in [0.05, 0.1) is 0 Å². The summed E-state index contributed by atoms with van der Waals surface area (Å²) in [5, 5.41) is 18.1. The van der Waals surface area contributed by atoms with E-state index < -0.39 is 23.0 Å². The van der Waals surface area contributed by atoms with E-state index in [0.717, 1.165) is 0 Å². The number of nitrogens with two attached hydrogens (primary N) is 1. The van der Waals surface area contributed by atoms with Gasteiger partial charge in [0.25, 0.3) is 0 Å². The van der Waals surface area contributed by atoms with Gasteiger partial charge in [0.1, 0.15) is 5.41 Å². The zero-order chi connectivity index (χ0) is 12.3. The van der Waals surface area contributed by atoms with Crippen LogP contribution < -0.4 is 5.73 Å². The van der Waals surface area contributed by atoms with E-state index in [9.17, 15) is 9.59 Å². The highest BCUT2D eigenvalue weighted by Gasteiger charge is 2.56. The van der Waals surface area contributed by atoms with Crippen molar-refractivity contribution in [3.05, 3.63) is 0 Å². The average Bonchev–Trinajstić information content (AvgIpc) is 2.12. The summed E-state index contributed by atoms with van der Waals surface area (Å²) in [5.41, 5.74) is 1.94. The Morgan fingerprint density at radius 1 is 1.27 bits per heavy atom. The van der Waals surface area contributed by atoms with Crippen LogP contribution in [0.5, 0.6) is 0 Å². The molecule has 88 valence electrons. The molecule has 0 aromatic rings. The predicted molar refractivity (Wildman–Crippen MR) is 52.5 cm³/mol. The second-order valence-electron chi connectivity index (χ2n) is 3.81. The van der Waals surface area contributed by atoms with Crippen LogP contribution >= 0.6 is 0 Å². The number of carboxylic acid groups (broad SMARTS) is 2. The van der Waals surface area contributed by atoms with Crippen molar-refractivity contribution in [1.82, 2.24) is 0 Å². The number of carboxylic acids is 2. The van der Waals surface area contributed by atoms with Crippen molar-refractivity contribution < 1.29 is 24.5 Å². The van der Waals surface area contributed by atoms with Gasteiger partial charge in [-0.2, -0.15) is 0 Å². The standard InChI is InChI=1S/C9H17NO5/c1-8(2,6(11)12)9(15-3,4-5-10)7(13)14/h4-5,10H2,1-3H3,(H,11,12)(H,13,14). The molecule has 0 amide bonds. The summed E-state index contributed by atoms with van der Waals surface area (Å²) in [6.07, 6.45) is -0.0574. The normalized spacial score (nSPS) is 15.7. The van der Waals surface area contributed by atoms with E-state index in [4.69, 9.17) is 20.7 Å². The molecule has 15 heavy (non-hydrogen) atoms. The fourth-order valence-corrected chi connectivity index (χ4v) is 1.51. The second kappa shape index (κ2) is 4.59. The lowest BCUT2D eigenvalue weighted by molar-refractivity contribution is -0.191. The van der Waals surface area contributed by atoms with Gasteiger partial charge in [-0.3, -0.25) is 4.79 Å². The molecule has 6 nitrogen and oxygen atoms in total. The molecule has 0 radical (unpaired) electrons. The first-order chi connectivity index (χ1) is 6.76. The Bertz CT molecular complexity index is 263. The summed E-state index contributed by atoms with van der Waals surface area (Å²) in [5.74, 6) is -2.55. The molecule has 1 atom stereocenters. The number of hydrogen-bond donors (Lipinski definition) is 3. The number of ether oxygens (including phenoxy) is 1. The first-order valence-corrected chi connectivity index (χ1v) is 4.48. The van der Waals surface area contributed by atoms with Crippen LogP contribution in [0.3, 0.4) is 0 Å². The lowest BCUT2D eigenvalue weighted by Crippen LogP contribution is -2.57. The lowest BCUT2D eigenvalue weighted by Gasteiger charge is -2.38. The zero-order valence-corrected chi connectivity index (χ0v) is 9.11. The third-order valence-corrected chi connectivity index (χ3v) is 2.73. The van der Waals surface area contributed by atoms with Crippen LogP contribution in [0.2, 0.25) is 0 Å². The van der Waals surface area contributed by atoms with E-state index in [2.05, 4.69) is 0 Å². The molecule has 0 fully saturated rings. The monoisotopic (exact) mass is 219 g/mol. The minimum absolute atomic E-state index is 0.0385. The topological polar surface area (TPSA) is 110 Å². The number of aliphatic carboxylic acids is 2. The fourth-order valence-electron chi connectivity index (χ4n) is 1.51. The van der Waals surface area contributed by atoms with Crippen LogP contribution in [0.15, 0.2) is 0 Å². The molecule has 0 saturated heterocycles. The summed E-state index contributed by atoms with van der Waals surface area (Å²) in [6, 6.07) is 0. The summed E-state index contributed by atoms with van der Waals surface area (Å²) in [6.45, 7) is 2.65. The third kappa shape index (κ3) is 2.10. The highest BCUT2D eigenvalue weighted by atomic mass is 16.5. The van der Waals surface area contributed by atoms with Gasteiger partial charge < -0.3 is 20.7 Å². The van der Waals surface area contributed by atoms with Crippen molar-refractivity contribution in [3.63, 3.8) is 0 Å². The zero-order valence-electron chi connectivity index (χ0n) is 9.11. The Kier molecular flexibility index (Phi) is 4.24. The number of methoxy groups -OCH3 is 1. The molecule has 4 N–H and O–H groups in total. The summed E-state index contributed by atoms with van der Waals surface area (Å²) >= 11 is 0. The van der Waals surface area contributed by atoms with Gasteiger partial charge in [-0.25, -0.2) is 4.79 Å². The van der Waals surface area contributed by atoms with Gasteiger partial charge in [0.2, 0.25) is 0 Å². The Morgan fingerprint density at radius 2 is 1.73 bits per heavy atom. The molecule has 0 spiro atoms. The lowest BCUT2D eigenvalue weighted by atomic mass is 9.72. The molecule has 0 heterocycles. The number of rotatable bonds is 6. The Hall–Kier alpha value is -1.14. The molecule has 0 aromatic heterocycles. The molecular weight excluding hydrogens is 202 g/mol. The van der Waals surface area contributed by atoms with Gasteiger partial charge in [0, 0.05) is 13.5 Å². The molecule has 0 aliphatic heterocycles. The average molecular weight is 219 g/mol. The number of carbonyl (C=O) groups is 2. The maximum atomic E-state index is 11.1. The van der Waals surface area contributed by atoms with Crippen molar-refractivity contribution in [2.75, 3.05) is 13.7 Å². The molecule has 0 aliphatic rings. The Balaban J connectivity index is 5.42. The van der Waals surface area contributed by atoms with Crippen molar-refractivity contribution in [1.29, 1.82) is 0 Å². The van der Waals surface area contributed by atoms with Crippen LogP contribution in [-0.2, 0) is 14.3 Å². The second-order valence-corrected chi connectivity index (χ2v) is 3.81.